The number of nitrogen functional groups attached to an aromatic ring is 1. The molecule has 1 unspecified atom stereocenters. The molecule has 3 aromatic carbocycles. The average Bonchev–Trinajstić information content (AvgIpc) is 3.53. The quantitative estimate of drug-likeness (QED) is 0.170. The highest BCUT2D eigenvalue weighted by Crippen LogP contribution is 2.44. The van der Waals surface area contributed by atoms with Gasteiger partial charge in [-0.2, -0.15) is 23.1 Å². The van der Waals surface area contributed by atoms with Crippen LogP contribution in [0.15, 0.2) is 90.0 Å². The van der Waals surface area contributed by atoms with E-state index in [0.717, 1.165) is 22.7 Å². The maximum Gasteiger partial charge on any atom is 0.429 e. The summed E-state index contributed by atoms with van der Waals surface area (Å²) in [5.41, 5.74) is 7.99. The van der Waals surface area contributed by atoms with Gasteiger partial charge in [-0.25, -0.2) is 8.42 Å². The number of carboxylic acids is 1. The summed E-state index contributed by atoms with van der Waals surface area (Å²) in [5, 5.41) is 13.3. The Morgan fingerprint density at radius 3 is 2.46 bits per heavy atom. The van der Waals surface area contributed by atoms with Crippen LogP contribution >= 0.6 is 0 Å². The molecule has 2 saturated heterocycles. The second-order valence-corrected chi connectivity index (χ2v) is 15.5. The van der Waals surface area contributed by atoms with Crippen molar-refractivity contribution < 1.29 is 36.2 Å². The third kappa shape index (κ3) is 7.23. The van der Waals surface area contributed by atoms with Gasteiger partial charge in [0.25, 0.3) is 0 Å². The number of ether oxygens (including phenoxy) is 1. The van der Waals surface area contributed by atoms with Crippen molar-refractivity contribution in [2.45, 2.75) is 42.5 Å². The van der Waals surface area contributed by atoms with E-state index in [-0.39, 0.29) is 38.8 Å². The number of fused-ring (bicyclic) bond motifs is 1. The Labute approximate surface area is 297 Å². The van der Waals surface area contributed by atoms with E-state index in [0.29, 0.717) is 50.3 Å². The van der Waals surface area contributed by atoms with Crippen molar-refractivity contribution in [3.8, 4) is 28.1 Å². The van der Waals surface area contributed by atoms with Crippen LogP contribution in [0, 0.1) is 5.41 Å². The van der Waals surface area contributed by atoms with Gasteiger partial charge in [0.05, 0.1) is 10.4 Å². The zero-order valence-electron chi connectivity index (χ0n) is 28.0. The van der Waals surface area contributed by atoms with Gasteiger partial charge in [0.2, 0.25) is 17.9 Å². The number of halogens is 3. The maximum absolute atomic E-state index is 15.1. The smallest absolute Gasteiger partial charge is 0.429 e. The number of aromatic nitrogens is 3. The Morgan fingerprint density at radius 1 is 1.00 bits per heavy atom. The number of hydrogen-bond acceptors (Lipinski definition) is 10. The fraction of sp³-hybridized carbons (Fsp3) is 0.297. The number of aliphatic carboxylic acids is 1. The molecule has 270 valence electrons. The van der Waals surface area contributed by atoms with Gasteiger partial charge >= 0.3 is 12.1 Å². The molecule has 4 N–H and O–H groups in total. The van der Waals surface area contributed by atoms with E-state index in [9.17, 15) is 18.3 Å². The normalized spacial score (nSPS) is 18.1. The van der Waals surface area contributed by atoms with Crippen molar-refractivity contribution in [2.24, 2.45) is 5.41 Å². The first-order valence-electron chi connectivity index (χ1n) is 16.6. The van der Waals surface area contributed by atoms with Crippen LogP contribution < -0.4 is 20.7 Å². The van der Waals surface area contributed by atoms with Crippen molar-refractivity contribution in [3.05, 3.63) is 90.6 Å². The molecule has 52 heavy (non-hydrogen) atoms. The van der Waals surface area contributed by atoms with Crippen molar-refractivity contribution in [3.63, 3.8) is 0 Å². The summed E-state index contributed by atoms with van der Waals surface area (Å²) in [6.07, 6.45) is -2.95. The Balaban J connectivity index is 1.25. The molecule has 4 heterocycles. The highest BCUT2D eigenvalue weighted by molar-refractivity contribution is 7.90. The summed E-state index contributed by atoms with van der Waals surface area (Å²) in [4.78, 5) is 26.0. The SMILES string of the molecule is CS(=O)(=O)c1cccc(-c2cc(-c3ccc4ncccc4c3)ccc2[C@@H](Oc2cc(N3CCC4(CC3)CNC(C(=O)O)C4)nc(N)n2)C(F)(F)F)c1. The van der Waals surface area contributed by atoms with E-state index in [1.165, 1.54) is 30.3 Å². The highest BCUT2D eigenvalue weighted by Gasteiger charge is 2.46. The lowest BCUT2D eigenvalue weighted by Gasteiger charge is -2.39. The second kappa shape index (κ2) is 13.4. The predicted octanol–water partition coefficient (Wildman–Crippen LogP) is 6.06. The minimum atomic E-state index is -4.94. The number of nitrogens with two attached hydrogens (primary N) is 1. The van der Waals surface area contributed by atoms with E-state index in [1.807, 2.05) is 29.2 Å². The number of anilines is 2. The number of carbonyl (C=O) groups is 1. The van der Waals surface area contributed by atoms with Gasteiger partial charge in [-0.05, 0) is 83.3 Å². The second-order valence-electron chi connectivity index (χ2n) is 13.4. The molecule has 11 nitrogen and oxygen atoms in total. The fourth-order valence-electron chi connectivity index (χ4n) is 7.13. The number of nitrogens with zero attached hydrogens (tertiary/aromatic N) is 4. The Bertz CT molecular complexity index is 2280. The Kier molecular flexibility index (Phi) is 9.03. The van der Waals surface area contributed by atoms with Crippen molar-refractivity contribution in [1.29, 1.82) is 0 Å². The number of sulfone groups is 1. The summed E-state index contributed by atoms with van der Waals surface area (Å²) in [5.74, 6) is -1.26. The number of pyridine rings is 1. The van der Waals surface area contributed by atoms with Gasteiger partial charge in [-0.3, -0.25) is 9.78 Å². The fourth-order valence-corrected chi connectivity index (χ4v) is 7.79. The molecule has 2 fully saturated rings. The van der Waals surface area contributed by atoms with Gasteiger partial charge in [-0.1, -0.05) is 36.4 Å². The maximum atomic E-state index is 15.1. The third-order valence-corrected chi connectivity index (χ3v) is 11.0. The lowest BCUT2D eigenvalue weighted by Crippen LogP contribution is -2.41. The van der Waals surface area contributed by atoms with Crippen LogP contribution in [0.25, 0.3) is 33.2 Å². The largest absolute Gasteiger partial charge is 0.480 e. The number of carboxylic acid groups (broad SMARTS) is 1. The molecule has 0 saturated carbocycles. The Morgan fingerprint density at radius 2 is 1.75 bits per heavy atom. The van der Waals surface area contributed by atoms with Gasteiger partial charge in [0.1, 0.15) is 11.9 Å². The van der Waals surface area contributed by atoms with Crippen LogP contribution in [0.4, 0.5) is 24.9 Å². The highest BCUT2D eigenvalue weighted by atomic mass is 32.2. The first-order chi connectivity index (χ1) is 24.7. The van der Waals surface area contributed by atoms with Crippen LogP contribution in [0.1, 0.15) is 30.9 Å². The molecule has 0 radical (unpaired) electrons. The monoisotopic (exact) mass is 732 g/mol. The third-order valence-electron chi connectivity index (χ3n) is 9.89. The molecule has 0 amide bonds. The molecule has 1 spiro atoms. The number of benzene rings is 3. The standard InChI is InChI=1S/C37H35F3N6O5S/c1-52(49,50)26-6-2-4-24(17-26)28-18-23(22-8-10-29-25(16-22)5-3-13-42-29)7-9-27(28)33(37(38,39)40)51-32-19-31(44-35(41)45-32)46-14-11-36(12-15-46)20-30(34(47)48)43-21-36/h2-10,13,16-19,30,33,43H,11-12,14-15,20-21H2,1H3,(H,47,48)(H2,41,44,45)/t30?,33-/m1/s1. The van der Waals surface area contributed by atoms with Gasteiger partial charge in [0, 0.05) is 49.1 Å². The molecule has 2 aliphatic heterocycles. The van der Waals surface area contributed by atoms with E-state index in [4.69, 9.17) is 10.5 Å². The van der Waals surface area contributed by atoms with Crippen molar-refractivity contribution in [1.82, 2.24) is 20.3 Å². The number of rotatable bonds is 8. The van der Waals surface area contributed by atoms with E-state index in [2.05, 4.69) is 20.3 Å². The number of alkyl halides is 3. The van der Waals surface area contributed by atoms with Crippen LogP contribution in [-0.4, -0.2) is 72.6 Å². The van der Waals surface area contributed by atoms with E-state index >= 15 is 13.2 Å². The summed E-state index contributed by atoms with van der Waals surface area (Å²) >= 11 is 0. The molecule has 2 aromatic heterocycles. The van der Waals surface area contributed by atoms with Gasteiger partial charge < -0.3 is 25.8 Å². The molecule has 7 rings (SSSR count). The Hall–Kier alpha value is -5.28. The summed E-state index contributed by atoms with van der Waals surface area (Å²) in [6.45, 7) is 1.54. The first-order valence-corrected chi connectivity index (χ1v) is 18.5. The molecule has 15 heteroatoms. The van der Waals surface area contributed by atoms with Crippen LogP contribution in [-0.2, 0) is 14.6 Å². The van der Waals surface area contributed by atoms with Crippen LogP contribution in [0.2, 0.25) is 0 Å². The molecular formula is C37H35F3N6O5S. The van der Waals surface area contributed by atoms with Crippen LogP contribution in [0.3, 0.4) is 0 Å². The topological polar surface area (TPSA) is 161 Å². The van der Waals surface area contributed by atoms with Crippen molar-refractivity contribution >= 4 is 38.5 Å². The molecule has 2 atom stereocenters. The molecule has 0 bridgehead atoms. The number of piperidine rings is 1. The predicted molar refractivity (Wildman–Crippen MR) is 190 cm³/mol. The van der Waals surface area contributed by atoms with Crippen molar-refractivity contribution in [2.75, 3.05) is 36.5 Å². The summed E-state index contributed by atoms with van der Waals surface area (Å²) < 4.78 is 76.0. The average molecular weight is 733 g/mol. The first kappa shape index (κ1) is 35.1. The zero-order chi connectivity index (χ0) is 36.8. The van der Waals surface area contributed by atoms with Crippen LogP contribution in [0.5, 0.6) is 5.88 Å². The molecular weight excluding hydrogens is 698 g/mol. The summed E-state index contributed by atoms with van der Waals surface area (Å²) in [7, 11) is -3.69. The summed E-state index contributed by atoms with van der Waals surface area (Å²) in [6, 6.07) is 20.2. The molecule has 0 aliphatic carbocycles. The van der Waals surface area contributed by atoms with E-state index in [1.54, 1.807) is 30.5 Å². The molecule has 5 aromatic rings. The lowest BCUT2D eigenvalue weighted by atomic mass is 9.76. The number of nitrogens with one attached hydrogen (secondary N) is 1. The van der Waals surface area contributed by atoms with Gasteiger partial charge in [0.15, 0.2) is 9.84 Å². The minimum Gasteiger partial charge on any atom is -0.480 e. The zero-order valence-corrected chi connectivity index (χ0v) is 28.8. The molecule has 2 aliphatic rings. The van der Waals surface area contributed by atoms with E-state index < -0.39 is 34.1 Å². The lowest BCUT2D eigenvalue weighted by molar-refractivity contribution is -0.198. The number of hydrogen-bond donors (Lipinski definition) is 3. The minimum absolute atomic E-state index is 0.0500. The van der Waals surface area contributed by atoms with Gasteiger partial charge in [-0.15, -0.1) is 0 Å².